The summed E-state index contributed by atoms with van der Waals surface area (Å²) in [6.07, 6.45) is 0. The van der Waals surface area contributed by atoms with Gasteiger partial charge in [-0.1, -0.05) is 29.3 Å². The minimum atomic E-state index is -1.38. The van der Waals surface area contributed by atoms with E-state index in [4.69, 9.17) is 23.2 Å². The molecule has 1 amide bonds. The number of benzene rings is 2. The summed E-state index contributed by atoms with van der Waals surface area (Å²) in [5.41, 5.74) is 1.84. The molecule has 1 N–H and O–H groups in total. The zero-order valence-electron chi connectivity index (χ0n) is 12.6. The largest absolute Gasteiger partial charge is 0.545 e. The fraction of sp³-hybridized carbons (Fsp3) is 0. The normalized spacial score (nSPS) is 10.5. The first-order valence-electron chi connectivity index (χ1n) is 7.10. The number of anilines is 1. The summed E-state index contributed by atoms with van der Waals surface area (Å²) in [5.74, 6) is -1.91. The van der Waals surface area contributed by atoms with E-state index in [1.807, 2.05) is 16.8 Å². The van der Waals surface area contributed by atoms with E-state index in [9.17, 15) is 14.7 Å². The van der Waals surface area contributed by atoms with Crippen LogP contribution < -0.4 is 10.4 Å². The number of amides is 1. The van der Waals surface area contributed by atoms with Gasteiger partial charge in [0, 0.05) is 10.6 Å². The van der Waals surface area contributed by atoms with Crippen LogP contribution >= 0.6 is 34.5 Å². The monoisotopic (exact) mass is 390 g/mol. The molecule has 0 aliphatic carbocycles. The van der Waals surface area contributed by atoms with Gasteiger partial charge in [0.2, 0.25) is 0 Å². The minimum absolute atomic E-state index is 0.109. The number of carboxylic acids is 1. The van der Waals surface area contributed by atoms with Gasteiger partial charge in [-0.15, -0.1) is 0 Å². The predicted molar refractivity (Wildman–Crippen MR) is 98.5 cm³/mol. The minimum Gasteiger partial charge on any atom is -0.545 e. The molecule has 7 heteroatoms. The number of hydrogen-bond donors (Lipinski definition) is 1. The Morgan fingerprint density at radius 1 is 0.960 bits per heavy atom. The molecule has 0 aliphatic heterocycles. The second-order valence-corrected chi connectivity index (χ2v) is 6.76. The van der Waals surface area contributed by atoms with Crippen molar-refractivity contribution in [3.8, 4) is 11.1 Å². The molecule has 0 unspecified atom stereocenters. The SMILES string of the molecule is O=C(Nc1ccc(-c2ccsc2)cc1C(=O)[O-])c1ccc(Cl)cc1Cl. The van der Waals surface area contributed by atoms with Crippen molar-refractivity contribution in [1.29, 1.82) is 0 Å². The van der Waals surface area contributed by atoms with Crippen molar-refractivity contribution in [1.82, 2.24) is 0 Å². The van der Waals surface area contributed by atoms with Crippen LogP contribution in [0.25, 0.3) is 11.1 Å². The Hall–Kier alpha value is -2.34. The Kier molecular flexibility index (Phi) is 5.08. The molecule has 0 bridgehead atoms. The number of carbonyl (C=O) groups is 2. The molecule has 3 rings (SSSR count). The molecular formula is C18H10Cl2NO3S-. The van der Waals surface area contributed by atoms with E-state index < -0.39 is 11.9 Å². The summed E-state index contributed by atoms with van der Waals surface area (Å²) in [5, 5.41) is 18.4. The van der Waals surface area contributed by atoms with E-state index in [-0.39, 0.29) is 21.8 Å². The maximum absolute atomic E-state index is 12.4. The average molecular weight is 391 g/mol. The van der Waals surface area contributed by atoms with Crippen molar-refractivity contribution in [3.05, 3.63) is 74.4 Å². The Bertz CT molecular complexity index is 955. The van der Waals surface area contributed by atoms with E-state index in [2.05, 4.69) is 5.32 Å². The van der Waals surface area contributed by atoms with E-state index >= 15 is 0 Å². The third-order valence-corrected chi connectivity index (χ3v) is 4.75. The van der Waals surface area contributed by atoms with Crippen molar-refractivity contribution >= 4 is 52.1 Å². The molecule has 1 aromatic heterocycles. The second kappa shape index (κ2) is 7.27. The molecule has 0 radical (unpaired) electrons. The number of aromatic carboxylic acids is 1. The lowest BCUT2D eigenvalue weighted by atomic mass is 10.0. The van der Waals surface area contributed by atoms with Gasteiger partial charge in [0.05, 0.1) is 22.2 Å². The molecule has 3 aromatic rings. The number of rotatable bonds is 4. The van der Waals surface area contributed by atoms with Gasteiger partial charge in [-0.05, 0) is 58.3 Å². The van der Waals surface area contributed by atoms with Crippen LogP contribution in [0.4, 0.5) is 5.69 Å². The lowest BCUT2D eigenvalue weighted by molar-refractivity contribution is -0.254. The smallest absolute Gasteiger partial charge is 0.257 e. The average Bonchev–Trinajstić information content (AvgIpc) is 3.09. The quantitative estimate of drug-likeness (QED) is 0.720. The van der Waals surface area contributed by atoms with Gasteiger partial charge in [0.25, 0.3) is 5.91 Å². The molecule has 4 nitrogen and oxygen atoms in total. The topological polar surface area (TPSA) is 69.2 Å². The van der Waals surface area contributed by atoms with Crippen LogP contribution in [0.5, 0.6) is 0 Å². The highest BCUT2D eigenvalue weighted by molar-refractivity contribution is 7.08. The van der Waals surface area contributed by atoms with Crippen molar-refractivity contribution in [2.75, 3.05) is 5.32 Å². The number of thiophene rings is 1. The molecule has 0 aliphatic rings. The molecule has 2 aromatic carbocycles. The number of hydrogen-bond acceptors (Lipinski definition) is 4. The van der Waals surface area contributed by atoms with E-state index in [1.165, 1.54) is 41.7 Å². The molecule has 25 heavy (non-hydrogen) atoms. The van der Waals surface area contributed by atoms with Crippen LogP contribution in [-0.2, 0) is 0 Å². The molecule has 1 heterocycles. The highest BCUT2D eigenvalue weighted by Crippen LogP contribution is 2.28. The summed E-state index contributed by atoms with van der Waals surface area (Å²) in [4.78, 5) is 23.9. The maximum Gasteiger partial charge on any atom is 0.257 e. The van der Waals surface area contributed by atoms with Crippen LogP contribution in [-0.4, -0.2) is 11.9 Å². The van der Waals surface area contributed by atoms with Gasteiger partial charge in [-0.25, -0.2) is 0 Å². The lowest BCUT2D eigenvalue weighted by Gasteiger charge is -2.14. The van der Waals surface area contributed by atoms with Crippen LogP contribution in [0, 0.1) is 0 Å². The van der Waals surface area contributed by atoms with Gasteiger partial charge in [-0.3, -0.25) is 4.79 Å². The van der Waals surface area contributed by atoms with Crippen LogP contribution in [0.3, 0.4) is 0 Å². The lowest BCUT2D eigenvalue weighted by Crippen LogP contribution is -2.25. The first-order chi connectivity index (χ1) is 12.0. The van der Waals surface area contributed by atoms with E-state index in [0.29, 0.717) is 5.02 Å². The zero-order valence-corrected chi connectivity index (χ0v) is 14.9. The molecule has 0 saturated carbocycles. The van der Waals surface area contributed by atoms with Crippen molar-refractivity contribution in [2.45, 2.75) is 0 Å². The first kappa shape index (κ1) is 17.5. The standard InChI is InChI=1S/C18H11Cl2NO3S/c19-12-2-3-13(15(20)8-12)17(22)21-16-4-1-10(7-14(16)18(23)24)11-5-6-25-9-11/h1-9H,(H,21,22)(H,23,24)/p-1. The Morgan fingerprint density at radius 3 is 2.40 bits per heavy atom. The number of carbonyl (C=O) groups excluding carboxylic acids is 2. The number of nitrogens with one attached hydrogen (secondary N) is 1. The molecule has 0 fully saturated rings. The summed E-state index contributed by atoms with van der Waals surface area (Å²) < 4.78 is 0. The third kappa shape index (κ3) is 3.85. The maximum atomic E-state index is 12.4. The molecule has 126 valence electrons. The van der Waals surface area contributed by atoms with Crippen molar-refractivity contribution in [2.24, 2.45) is 0 Å². The molecular weight excluding hydrogens is 381 g/mol. The number of halogens is 2. The molecule has 0 spiro atoms. The van der Waals surface area contributed by atoms with E-state index in [0.717, 1.165) is 11.1 Å². The van der Waals surface area contributed by atoms with Gasteiger partial charge < -0.3 is 15.2 Å². The van der Waals surface area contributed by atoms with Crippen LogP contribution in [0.1, 0.15) is 20.7 Å². The highest BCUT2D eigenvalue weighted by atomic mass is 35.5. The highest BCUT2D eigenvalue weighted by Gasteiger charge is 2.14. The number of carboxylic acid groups (broad SMARTS) is 1. The van der Waals surface area contributed by atoms with E-state index in [1.54, 1.807) is 6.07 Å². The van der Waals surface area contributed by atoms with Gasteiger partial charge >= 0.3 is 0 Å². The third-order valence-electron chi connectivity index (χ3n) is 3.52. The summed E-state index contributed by atoms with van der Waals surface area (Å²) in [7, 11) is 0. The fourth-order valence-corrected chi connectivity index (χ4v) is 3.45. The Labute approximate surface area is 157 Å². The molecule has 0 saturated heterocycles. The van der Waals surface area contributed by atoms with Gasteiger partial charge in [-0.2, -0.15) is 11.3 Å². The first-order valence-corrected chi connectivity index (χ1v) is 8.80. The summed E-state index contributed by atoms with van der Waals surface area (Å²) in [6, 6.07) is 11.0. The fourth-order valence-electron chi connectivity index (χ4n) is 2.29. The molecule has 0 atom stereocenters. The van der Waals surface area contributed by atoms with Crippen LogP contribution in [0.2, 0.25) is 10.0 Å². The Balaban J connectivity index is 1.94. The van der Waals surface area contributed by atoms with Crippen molar-refractivity contribution < 1.29 is 14.7 Å². The predicted octanol–water partition coefficient (Wildman–Crippen LogP) is 4.34. The van der Waals surface area contributed by atoms with Crippen molar-refractivity contribution in [3.63, 3.8) is 0 Å². The van der Waals surface area contributed by atoms with Crippen LogP contribution in [0.15, 0.2) is 53.2 Å². The van der Waals surface area contributed by atoms with Gasteiger partial charge in [0.15, 0.2) is 0 Å². The second-order valence-electron chi connectivity index (χ2n) is 5.14. The van der Waals surface area contributed by atoms with Gasteiger partial charge in [0.1, 0.15) is 0 Å². The summed E-state index contributed by atoms with van der Waals surface area (Å²) >= 11 is 13.3. The summed E-state index contributed by atoms with van der Waals surface area (Å²) in [6.45, 7) is 0. The zero-order chi connectivity index (χ0) is 18.0. The Morgan fingerprint density at radius 2 is 1.76 bits per heavy atom.